The molecule has 2 heterocycles. The maximum Gasteiger partial charge on any atom is 0.408 e. The van der Waals surface area contributed by atoms with Crippen molar-refractivity contribution in [3.63, 3.8) is 0 Å². The van der Waals surface area contributed by atoms with E-state index in [-0.39, 0.29) is 35.5 Å². The molecule has 4 aliphatic rings. The number of ether oxygens (including phenoxy) is 7. The van der Waals surface area contributed by atoms with Gasteiger partial charge in [0.05, 0.1) is 35.9 Å². The highest BCUT2D eigenvalue weighted by molar-refractivity contribution is 5.95. The number of hydrogen-bond donors (Lipinski definition) is 3. The molecule has 1 amide bonds. The van der Waals surface area contributed by atoms with E-state index in [1.165, 1.54) is 51.5 Å². The number of aliphatic hydroxyl groups excluding tert-OH is 1. The van der Waals surface area contributed by atoms with Gasteiger partial charge in [-0.2, -0.15) is 0 Å². The number of methoxy groups -OCH3 is 1. The number of rotatable bonds is 10. The van der Waals surface area contributed by atoms with Crippen LogP contribution in [0.4, 0.5) is 4.79 Å². The van der Waals surface area contributed by atoms with Gasteiger partial charge in [0.2, 0.25) is 0 Å². The molecule has 1 saturated heterocycles. The molecule has 17 nitrogen and oxygen atoms in total. The average Bonchev–Trinajstić information content (AvgIpc) is 3.70. The molecule has 0 unspecified atom stereocenters. The summed E-state index contributed by atoms with van der Waals surface area (Å²) in [6, 6.07) is 9.29. The molecule has 1 aliphatic heterocycles. The molecule has 1 aromatic carbocycles. The van der Waals surface area contributed by atoms with E-state index >= 15 is 4.79 Å². The Morgan fingerprint density at radius 3 is 2.16 bits per heavy atom. The summed E-state index contributed by atoms with van der Waals surface area (Å²) in [7, 11) is 1.38. The number of furan rings is 1. The van der Waals surface area contributed by atoms with Crippen LogP contribution in [0, 0.1) is 16.7 Å². The van der Waals surface area contributed by atoms with Crippen molar-refractivity contribution in [3.05, 3.63) is 71.2 Å². The van der Waals surface area contributed by atoms with Gasteiger partial charge < -0.3 is 53.1 Å². The van der Waals surface area contributed by atoms with E-state index in [1.54, 1.807) is 59.7 Å². The molecule has 0 radical (unpaired) electrons. The molecular formula is C44H55NO16. The zero-order valence-corrected chi connectivity index (χ0v) is 36.0. The fraction of sp³-hybridized carbons (Fsp3) is 0.591. The van der Waals surface area contributed by atoms with Crippen molar-refractivity contribution in [1.29, 1.82) is 0 Å². The summed E-state index contributed by atoms with van der Waals surface area (Å²) in [5.74, 6) is -5.99. The number of benzene rings is 1. The van der Waals surface area contributed by atoms with Crippen LogP contribution < -0.4 is 5.32 Å². The molecule has 3 N–H and O–H groups in total. The quantitative estimate of drug-likeness (QED) is 0.174. The van der Waals surface area contributed by atoms with Gasteiger partial charge in [-0.05, 0) is 70.0 Å². The summed E-state index contributed by atoms with van der Waals surface area (Å²) in [6.45, 7) is 13.1. The first-order valence-corrected chi connectivity index (χ1v) is 20.1. The molecule has 3 aliphatic carbocycles. The lowest BCUT2D eigenvalue weighted by atomic mass is 9.44. The number of Topliss-reactive ketones (excluding diaryl/α,β-unsaturated/α-hetero) is 1. The molecular weight excluding hydrogens is 798 g/mol. The third-order valence-electron chi connectivity index (χ3n) is 12.8. The minimum absolute atomic E-state index is 0.0234. The topological polar surface area (TPSA) is 233 Å². The second kappa shape index (κ2) is 16.3. The number of carbonyl (C=O) groups is 6. The number of carbonyl (C=O) groups excluding carboxylic acids is 6. The summed E-state index contributed by atoms with van der Waals surface area (Å²) in [4.78, 5) is 83.1. The molecule has 0 spiro atoms. The highest BCUT2D eigenvalue weighted by Gasteiger charge is 2.78. The van der Waals surface area contributed by atoms with E-state index in [0.29, 0.717) is 0 Å². The third kappa shape index (κ3) is 7.85. The number of fused-ring (bicyclic) bond motifs is 5. The lowest BCUT2D eigenvalue weighted by molar-refractivity contribution is -0.347. The highest BCUT2D eigenvalue weighted by atomic mass is 16.6. The molecule has 17 heteroatoms. The zero-order valence-electron chi connectivity index (χ0n) is 36.0. The fourth-order valence-electron chi connectivity index (χ4n) is 9.89. The number of alkyl carbamates (subject to hydrolysis) is 1. The fourth-order valence-corrected chi connectivity index (χ4v) is 9.89. The molecule has 332 valence electrons. The molecule has 2 saturated carbocycles. The minimum atomic E-state index is -2.36. The zero-order chi connectivity index (χ0) is 45.0. The largest absolute Gasteiger partial charge is 0.467 e. The minimum Gasteiger partial charge on any atom is -0.467 e. The Morgan fingerprint density at radius 1 is 0.951 bits per heavy atom. The first-order valence-electron chi connectivity index (χ1n) is 20.1. The third-order valence-corrected chi connectivity index (χ3v) is 12.8. The van der Waals surface area contributed by atoms with Crippen molar-refractivity contribution in [2.45, 2.75) is 135 Å². The van der Waals surface area contributed by atoms with E-state index in [9.17, 15) is 34.2 Å². The Kier molecular flexibility index (Phi) is 12.1. The maximum absolute atomic E-state index is 15.7. The van der Waals surface area contributed by atoms with E-state index in [0.717, 1.165) is 6.92 Å². The van der Waals surface area contributed by atoms with Crippen molar-refractivity contribution in [3.8, 4) is 0 Å². The Balaban J connectivity index is 1.55. The molecule has 1 aromatic heterocycles. The molecule has 2 aromatic rings. The van der Waals surface area contributed by atoms with Gasteiger partial charge in [0.25, 0.3) is 0 Å². The van der Waals surface area contributed by atoms with Crippen LogP contribution in [0.2, 0.25) is 0 Å². The number of aliphatic hydroxyl groups is 2. The molecule has 11 atom stereocenters. The molecule has 6 rings (SSSR count). The Morgan fingerprint density at radius 2 is 1.62 bits per heavy atom. The van der Waals surface area contributed by atoms with Gasteiger partial charge in [0, 0.05) is 39.2 Å². The van der Waals surface area contributed by atoms with E-state index in [4.69, 9.17) is 37.6 Å². The summed E-state index contributed by atoms with van der Waals surface area (Å²) < 4.78 is 47.3. The van der Waals surface area contributed by atoms with Crippen molar-refractivity contribution < 1.29 is 76.6 Å². The van der Waals surface area contributed by atoms with Crippen LogP contribution in [0.15, 0.2) is 64.3 Å². The average molecular weight is 854 g/mol. The van der Waals surface area contributed by atoms with E-state index in [1.807, 2.05) is 0 Å². The molecule has 2 bridgehead atoms. The Bertz CT molecular complexity index is 2070. The summed E-state index contributed by atoms with van der Waals surface area (Å²) >= 11 is 0. The van der Waals surface area contributed by atoms with Gasteiger partial charge >= 0.3 is 30.0 Å². The lowest BCUT2D eigenvalue weighted by Gasteiger charge is -2.67. The Labute approximate surface area is 353 Å². The second-order valence-corrected chi connectivity index (χ2v) is 18.0. The van der Waals surface area contributed by atoms with Gasteiger partial charge in [-0.1, -0.05) is 32.0 Å². The van der Waals surface area contributed by atoms with Gasteiger partial charge in [0.1, 0.15) is 41.3 Å². The van der Waals surface area contributed by atoms with Gasteiger partial charge in [-0.3, -0.25) is 14.4 Å². The Hall–Kier alpha value is -5.10. The maximum atomic E-state index is 15.7. The number of amides is 1. The van der Waals surface area contributed by atoms with Gasteiger partial charge in [-0.15, -0.1) is 0 Å². The summed E-state index contributed by atoms with van der Waals surface area (Å²) in [6.07, 6.45) is -9.28. The smallest absolute Gasteiger partial charge is 0.408 e. The standard InChI is InChI=1S/C44H55NO16/c1-22-27(58-38(51)32(48)31(26-17-14-18-55-26)45-39(52)61-40(4,5)6)20-44(53)36(59-37(50)25-15-12-11-13-16-25)34-42(9,35(49)33(57-23(2)46)30(22)41(44,7)8)28(54-10)19-29-43(34,21-56-29)60-24(3)47/h11-18,27-29,31-34,36,48,53H,19-21H2,1-10H3,(H,45,52)/t27-,28-,29+,31+,32+,33+,34-,36-,42+,43-,44+/m0/s1. The predicted octanol–water partition coefficient (Wildman–Crippen LogP) is 4.08. The normalized spacial score (nSPS) is 32.6. The summed E-state index contributed by atoms with van der Waals surface area (Å²) in [5.41, 5.74) is -8.16. The van der Waals surface area contributed by atoms with Crippen molar-refractivity contribution in [2.75, 3.05) is 13.7 Å². The van der Waals surface area contributed by atoms with Crippen LogP contribution >= 0.6 is 0 Å². The van der Waals surface area contributed by atoms with Crippen molar-refractivity contribution >= 4 is 35.8 Å². The van der Waals surface area contributed by atoms with Crippen molar-refractivity contribution in [2.24, 2.45) is 16.7 Å². The van der Waals surface area contributed by atoms with Gasteiger partial charge in [0.15, 0.2) is 23.6 Å². The monoisotopic (exact) mass is 853 g/mol. The van der Waals surface area contributed by atoms with Gasteiger partial charge in [-0.25, -0.2) is 14.4 Å². The predicted molar refractivity (Wildman–Crippen MR) is 210 cm³/mol. The number of esters is 4. The highest BCUT2D eigenvalue weighted by Crippen LogP contribution is 2.65. The van der Waals surface area contributed by atoms with Crippen molar-refractivity contribution in [1.82, 2.24) is 5.32 Å². The van der Waals surface area contributed by atoms with Crippen LogP contribution in [-0.4, -0.2) is 113 Å². The summed E-state index contributed by atoms with van der Waals surface area (Å²) in [5, 5.41) is 27.7. The molecule has 3 fully saturated rings. The second-order valence-electron chi connectivity index (χ2n) is 18.0. The van der Waals surface area contributed by atoms with Crippen LogP contribution in [0.3, 0.4) is 0 Å². The van der Waals surface area contributed by atoms with Crippen LogP contribution in [-0.2, 0) is 52.3 Å². The number of hydrogen-bond acceptors (Lipinski definition) is 16. The molecule has 61 heavy (non-hydrogen) atoms. The van der Waals surface area contributed by atoms with E-state index in [2.05, 4.69) is 5.32 Å². The lowest BCUT2D eigenvalue weighted by Crippen LogP contribution is -2.82. The first kappa shape index (κ1) is 45.4. The SMILES string of the molecule is CO[C@H]1C[C@H]2OC[C@@]2(OC(C)=O)[C@H]2[C@H](OC(=O)c3ccccc3)[C@]3(O)C[C@H](OC(=O)[C@H](O)[C@H](NC(=O)OC(C)(C)C)c4ccco4)C(C)=C([C@@H](OC(C)=O)C(=O)[C@]12C)C3(C)C. The van der Waals surface area contributed by atoms with Crippen LogP contribution in [0.5, 0.6) is 0 Å². The van der Waals surface area contributed by atoms with Crippen LogP contribution in [0.1, 0.15) is 97.3 Å². The van der Waals surface area contributed by atoms with Crippen LogP contribution in [0.25, 0.3) is 0 Å². The number of nitrogens with one attached hydrogen (secondary N) is 1. The number of ketones is 1. The van der Waals surface area contributed by atoms with E-state index < -0.39 is 118 Å². The first-order chi connectivity index (χ1) is 28.4.